The van der Waals surface area contributed by atoms with Crippen molar-refractivity contribution in [1.29, 1.82) is 0 Å². The van der Waals surface area contributed by atoms with E-state index in [2.05, 4.69) is 24.3 Å². The third kappa shape index (κ3) is 4.82. The van der Waals surface area contributed by atoms with Crippen molar-refractivity contribution in [2.24, 2.45) is 11.5 Å². The minimum Gasteiger partial charge on any atom is -0.497 e. The zero-order chi connectivity index (χ0) is 17.5. The summed E-state index contributed by atoms with van der Waals surface area (Å²) in [5.41, 5.74) is 13.8. The molecule has 0 amide bonds. The predicted octanol–water partition coefficient (Wildman–Crippen LogP) is 4.57. The molecular formula is C21H26N2O. The number of benzene rings is 3. The summed E-state index contributed by atoms with van der Waals surface area (Å²) in [7, 11) is 1.68. The lowest BCUT2D eigenvalue weighted by Crippen LogP contribution is -2.04. The van der Waals surface area contributed by atoms with Crippen molar-refractivity contribution < 1.29 is 4.74 Å². The van der Waals surface area contributed by atoms with Gasteiger partial charge in [0, 0.05) is 12.1 Å². The summed E-state index contributed by atoms with van der Waals surface area (Å²) in [5.74, 6) is 0.885. The van der Waals surface area contributed by atoms with Gasteiger partial charge in [0.25, 0.3) is 0 Å². The van der Waals surface area contributed by atoms with Crippen LogP contribution in [-0.2, 0) is 0 Å². The Labute approximate surface area is 144 Å². The Bertz CT molecular complexity index is 767. The van der Waals surface area contributed by atoms with Crippen molar-refractivity contribution in [1.82, 2.24) is 0 Å². The first-order chi connectivity index (χ1) is 11.5. The lowest BCUT2D eigenvalue weighted by molar-refractivity contribution is 0.415. The minimum atomic E-state index is 0.0801. The van der Waals surface area contributed by atoms with Gasteiger partial charge in [0.1, 0.15) is 5.75 Å². The van der Waals surface area contributed by atoms with Crippen molar-refractivity contribution in [2.45, 2.75) is 25.9 Å². The van der Waals surface area contributed by atoms with Crippen LogP contribution in [0.1, 0.15) is 37.1 Å². The number of hydrogen-bond acceptors (Lipinski definition) is 3. The highest BCUT2D eigenvalue weighted by molar-refractivity contribution is 5.84. The Morgan fingerprint density at radius 2 is 1.29 bits per heavy atom. The van der Waals surface area contributed by atoms with Gasteiger partial charge in [-0.2, -0.15) is 0 Å². The van der Waals surface area contributed by atoms with Gasteiger partial charge in [0.2, 0.25) is 0 Å². The molecule has 0 aliphatic heterocycles. The van der Waals surface area contributed by atoms with E-state index in [1.165, 1.54) is 16.3 Å². The van der Waals surface area contributed by atoms with Crippen molar-refractivity contribution in [3.63, 3.8) is 0 Å². The fourth-order valence-corrected chi connectivity index (χ4v) is 2.41. The topological polar surface area (TPSA) is 61.3 Å². The van der Waals surface area contributed by atoms with E-state index in [1.807, 2.05) is 56.3 Å². The summed E-state index contributed by atoms with van der Waals surface area (Å²) in [4.78, 5) is 0. The lowest BCUT2D eigenvalue weighted by Gasteiger charge is -2.08. The smallest absolute Gasteiger partial charge is 0.119 e. The van der Waals surface area contributed by atoms with Gasteiger partial charge in [-0.25, -0.2) is 0 Å². The molecule has 0 saturated carbocycles. The molecule has 0 heterocycles. The Morgan fingerprint density at radius 1 is 0.708 bits per heavy atom. The molecule has 0 aliphatic rings. The summed E-state index contributed by atoms with van der Waals surface area (Å²) in [5, 5.41) is 2.38. The van der Waals surface area contributed by atoms with E-state index in [-0.39, 0.29) is 12.1 Å². The average Bonchev–Trinajstić information content (AvgIpc) is 2.62. The van der Waals surface area contributed by atoms with Crippen LogP contribution in [0.4, 0.5) is 0 Å². The number of rotatable bonds is 3. The zero-order valence-electron chi connectivity index (χ0n) is 14.6. The van der Waals surface area contributed by atoms with Crippen LogP contribution in [0.15, 0.2) is 66.7 Å². The van der Waals surface area contributed by atoms with Crippen LogP contribution in [0.25, 0.3) is 10.8 Å². The third-order valence-corrected chi connectivity index (χ3v) is 3.92. The van der Waals surface area contributed by atoms with Crippen LogP contribution in [0.5, 0.6) is 5.75 Å². The first-order valence-corrected chi connectivity index (χ1v) is 8.15. The lowest BCUT2D eigenvalue weighted by atomic mass is 10.0. The van der Waals surface area contributed by atoms with Crippen LogP contribution in [0.2, 0.25) is 0 Å². The Morgan fingerprint density at radius 3 is 1.83 bits per heavy atom. The van der Waals surface area contributed by atoms with Gasteiger partial charge in [-0.3, -0.25) is 0 Å². The second-order valence-corrected chi connectivity index (χ2v) is 5.96. The van der Waals surface area contributed by atoms with Gasteiger partial charge in [-0.05, 0) is 53.9 Å². The molecule has 0 fully saturated rings. The van der Waals surface area contributed by atoms with Gasteiger partial charge < -0.3 is 16.2 Å². The average molecular weight is 322 g/mol. The van der Waals surface area contributed by atoms with E-state index in [9.17, 15) is 0 Å². The van der Waals surface area contributed by atoms with Crippen LogP contribution in [-0.4, -0.2) is 7.11 Å². The molecule has 3 rings (SSSR count). The van der Waals surface area contributed by atoms with E-state index in [1.54, 1.807) is 7.11 Å². The molecule has 2 unspecified atom stereocenters. The van der Waals surface area contributed by atoms with Gasteiger partial charge in [0.15, 0.2) is 0 Å². The van der Waals surface area contributed by atoms with E-state index < -0.39 is 0 Å². The van der Waals surface area contributed by atoms with Crippen LogP contribution in [0.3, 0.4) is 0 Å². The van der Waals surface area contributed by atoms with Crippen LogP contribution < -0.4 is 16.2 Å². The van der Waals surface area contributed by atoms with Crippen molar-refractivity contribution >= 4 is 10.8 Å². The highest BCUT2D eigenvalue weighted by Crippen LogP contribution is 2.23. The number of hydrogen-bond donors (Lipinski definition) is 2. The number of fused-ring (bicyclic) bond motifs is 1. The standard InChI is InChI=1S/C13H15NO.C8H11N/c1-9(14)10-3-4-12-8-13(15-2)6-5-11(12)7-10;1-7(9)8-5-3-2-4-6-8/h3-9H,14H2,1-2H3;2-7H,9H2,1H3. The summed E-state index contributed by atoms with van der Waals surface area (Å²) >= 11 is 0. The highest BCUT2D eigenvalue weighted by atomic mass is 16.5. The van der Waals surface area contributed by atoms with E-state index in [0.29, 0.717) is 0 Å². The molecule has 0 radical (unpaired) electrons. The quantitative estimate of drug-likeness (QED) is 0.742. The zero-order valence-corrected chi connectivity index (χ0v) is 14.6. The SMILES string of the molecule is CC(N)c1ccccc1.COc1ccc2cc(C(C)N)ccc2c1. The second kappa shape index (κ2) is 8.48. The first kappa shape index (κ1) is 18.0. The van der Waals surface area contributed by atoms with Gasteiger partial charge in [-0.1, -0.05) is 48.5 Å². The summed E-state index contributed by atoms with van der Waals surface area (Å²) in [6, 6.07) is 22.6. The number of methoxy groups -OCH3 is 1. The van der Waals surface area contributed by atoms with Crippen LogP contribution >= 0.6 is 0 Å². The molecule has 0 saturated heterocycles. The molecule has 3 nitrogen and oxygen atoms in total. The van der Waals surface area contributed by atoms with Gasteiger partial charge in [0.05, 0.1) is 7.11 Å². The van der Waals surface area contributed by atoms with Crippen molar-refractivity contribution in [3.8, 4) is 5.75 Å². The molecule has 2 atom stereocenters. The second-order valence-electron chi connectivity index (χ2n) is 5.96. The molecule has 3 heteroatoms. The maximum Gasteiger partial charge on any atom is 0.119 e. The maximum atomic E-state index is 5.84. The monoisotopic (exact) mass is 322 g/mol. The summed E-state index contributed by atoms with van der Waals surface area (Å²) in [6.45, 7) is 3.97. The first-order valence-electron chi connectivity index (χ1n) is 8.15. The van der Waals surface area contributed by atoms with E-state index in [4.69, 9.17) is 16.2 Å². The predicted molar refractivity (Wildman–Crippen MR) is 102 cm³/mol. The van der Waals surface area contributed by atoms with E-state index in [0.717, 1.165) is 11.3 Å². The normalized spacial score (nSPS) is 12.9. The fourth-order valence-electron chi connectivity index (χ4n) is 2.41. The molecule has 24 heavy (non-hydrogen) atoms. The largest absolute Gasteiger partial charge is 0.497 e. The fraction of sp³-hybridized carbons (Fsp3) is 0.238. The van der Waals surface area contributed by atoms with Crippen molar-refractivity contribution in [3.05, 3.63) is 77.9 Å². The van der Waals surface area contributed by atoms with Gasteiger partial charge in [-0.15, -0.1) is 0 Å². The number of nitrogens with two attached hydrogens (primary N) is 2. The number of ether oxygens (including phenoxy) is 1. The molecule has 0 aliphatic carbocycles. The molecule has 4 N–H and O–H groups in total. The van der Waals surface area contributed by atoms with E-state index >= 15 is 0 Å². The molecule has 0 spiro atoms. The maximum absolute atomic E-state index is 5.84. The Hall–Kier alpha value is -2.36. The van der Waals surface area contributed by atoms with Crippen LogP contribution in [0, 0.1) is 0 Å². The summed E-state index contributed by atoms with van der Waals surface area (Å²) in [6.07, 6.45) is 0. The van der Waals surface area contributed by atoms with Gasteiger partial charge >= 0.3 is 0 Å². The molecule has 0 bridgehead atoms. The molecule has 3 aromatic rings. The highest BCUT2D eigenvalue weighted by Gasteiger charge is 2.01. The minimum absolute atomic E-state index is 0.0801. The summed E-state index contributed by atoms with van der Waals surface area (Å²) < 4.78 is 5.18. The molecule has 126 valence electrons. The third-order valence-electron chi connectivity index (χ3n) is 3.92. The molecule has 0 aromatic heterocycles. The molecular weight excluding hydrogens is 296 g/mol. The van der Waals surface area contributed by atoms with Crippen molar-refractivity contribution in [2.75, 3.05) is 7.11 Å². The Balaban J connectivity index is 0.000000198. The molecule has 3 aromatic carbocycles. The Kier molecular flexibility index (Phi) is 6.36.